The van der Waals surface area contributed by atoms with Crippen LogP contribution in [0.2, 0.25) is 0 Å². The molecule has 0 atom stereocenters. The van der Waals surface area contributed by atoms with Gasteiger partial charge in [0.15, 0.2) is 0 Å². The molecular formula is C57H66N6O4. The van der Waals surface area contributed by atoms with E-state index in [1.807, 2.05) is 0 Å². The van der Waals surface area contributed by atoms with Crippen LogP contribution < -0.4 is 0 Å². The van der Waals surface area contributed by atoms with Gasteiger partial charge in [-0.05, 0) is 212 Å². The predicted molar refractivity (Wildman–Crippen MR) is 271 cm³/mol. The van der Waals surface area contributed by atoms with Gasteiger partial charge in [0.1, 0.15) is 0 Å². The quantitative estimate of drug-likeness (QED) is 0.0462. The van der Waals surface area contributed by atoms with Crippen molar-refractivity contribution < 1.29 is 19.2 Å². The molecular weight excluding hydrogens is 833 g/mol. The SMILES string of the molecule is Cc1cc2cc(CCN3CCCCC3)c3cc4c5c(cc6cc(CCN7CCCCC7)c7cc(C(=O)N(C=O)CCN8CCCCC8)c1c1c2c3c5c6c71)C(=O)N(CCN1CCCCC1)C4=O. The third-order valence-corrected chi connectivity index (χ3v) is 17.0. The van der Waals surface area contributed by atoms with E-state index in [1.54, 1.807) is 4.90 Å². The summed E-state index contributed by atoms with van der Waals surface area (Å²) in [5, 5.41) is 12.4. The van der Waals surface area contributed by atoms with E-state index >= 15 is 14.4 Å². The molecule has 0 radical (unpaired) electrons. The molecule has 0 saturated carbocycles. The number of aryl methyl sites for hydroxylation is 1. The predicted octanol–water partition coefficient (Wildman–Crippen LogP) is 9.45. The summed E-state index contributed by atoms with van der Waals surface area (Å²) in [6, 6.07) is 13.3. The molecule has 5 aliphatic rings. The standard InChI is InChI=1S/C57H66N6O4/c1-37-30-40-31-38(14-24-58-16-6-2-7-17-58)43-35-46-50-44(56(66)63(57(46)67)29-27-61-22-12-5-13-23-61)33-41-32-39(15-25-59-18-8-3-9-19-59)42-34-45(47(37)53-48(40)52(43)54(50)49(41)51(42)53)55(65)62(36-64)28-26-60-20-10-4-11-21-60/h30-36H,2-29H2,1H3. The van der Waals surface area contributed by atoms with Gasteiger partial charge in [-0.15, -0.1) is 0 Å². The Labute approximate surface area is 394 Å². The number of piperidine rings is 4. The highest BCUT2D eigenvalue weighted by atomic mass is 16.2. The molecule has 10 nitrogen and oxygen atoms in total. The Bertz CT molecular complexity index is 3030. The number of nitrogens with zero attached hydrogens (tertiary/aromatic N) is 6. The van der Waals surface area contributed by atoms with Gasteiger partial charge >= 0.3 is 0 Å². The van der Waals surface area contributed by atoms with E-state index in [0.717, 1.165) is 186 Å². The number of amides is 4. The molecule has 4 saturated heterocycles. The molecule has 12 rings (SSSR count). The highest BCUT2D eigenvalue weighted by Gasteiger charge is 2.38. The fourth-order valence-corrected chi connectivity index (χ4v) is 13.5. The number of hydrogen-bond donors (Lipinski definition) is 0. The molecule has 5 aliphatic heterocycles. The van der Waals surface area contributed by atoms with Crippen LogP contribution in [-0.2, 0) is 17.6 Å². The molecule has 348 valence electrons. The molecule has 67 heavy (non-hydrogen) atoms. The van der Waals surface area contributed by atoms with Crippen LogP contribution in [0.15, 0.2) is 36.4 Å². The first-order valence-electron chi connectivity index (χ1n) is 26.1. The summed E-state index contributed by atoms with van der Waals surface area (Å²) in [5.74, 6) is -0.626. The second-order valence-corrected chi connectivity index (χ2v) is 21.1. The average Bonchev–Trinajstić information content (AvgIpc) is 3.37. The maximum atomic E-state index is 15.2. The summed E-state index contributed by atoms with van der Waals surface area (Å²) in [6.07, 6.45) is 16.9. The van der Waals surface area contributed by atoms with Gasteiger partial charge in [-0.2, -0.15) is 0 Å². The van der Waals surface area contributed by atoms with Crippen molar-refractivity contribution in [2.45, 2.75) is 96.8 Å². The van der Waals surface area contributed by atoms with E-state index in [0.29, 0.717) is 42.9 Å². The summed E-state index contributed by atoms with van der Waals surface area (Å²) in [4.78, 5) is 71.3. The highest BCUT2D eigenvalue weighted by Crippen LogP contribution is 2.53. The molecule has 4 fully saturated rings. The first-order valence-corrected chi connectivity index (χ1v) is 26.1. The van der Waals surface area contributed by atoms with Crippen molar-refractivity contribution in [1.82, 2.24) is 29.4 Å². The lowest BCUT2D eigenvalue weighted by molar-refractivity contribution is -0.116. The zero-order valence-corrected chi connectivity index (χ0v) is 39.7. The van der Waals surface area contributed by atoms with E-state index < -0.39 is 0 Å². The van der Waals surface area contributed by atoms with E-state index in [2.05, 4.69) is 62.9 Å². The van der Waals surface area contributed by atoms with Gasteiger partial charge in [0.2, 0.25) is 6.41 Å². The van der Waals surface area contributed by atoms with Crippen molar-refractivity contribution in [3.8, 4) is 0 Å². The van der Waals surface area contributed by atoms with Gasteiger partial charge in [-0.1, -0.05) is 43.9 Å². The smallest absolute Gasteiger partial charge is 0.261 e. The second kappa shape index (κ2) is 17.8. The number of carbonyl (C=O) groups is 4. The Balaban J connectivity index is 1.11. The van der Waals surface area contributed by atoms with Crippen LogP contribution in [0.3, 0.4) is 0 Å². The molecule has 0 bridgehead atoms. The fraction of sp³-hybridized carbons (Fsp3) is 0.509. The Morgan fingerprint density at radius 1 is 0.493 bits per heavy atom. The number of carbonyl (C=O) groups excluding carboxylic acids is 4. The number of benzene rings is 7. The normalized spacial score (nSPS) is 19.8. The number of rotatable bonds is 14. The van der Waals surface area contributed by atoms with Crippen molar-refractivity contribution in [3.05, 3.63) is 69.8 Å². The van der Waals surface area contributed by atoms with Crippen molar-refractivity contribution >= 4 is 88.8 Å². The van der Waals surface area contributed by atoms with Crippen LogP contribution in [-0.4, -0.2) is 145 Å². The molecule has 5 heterocycles. The maximum Gasteiger partial charge on any atom is 0.261 e. The first-order chi connectivity index (χ1) is 32.9. The van der Waals surface area contributed by atoms with Crippen molar-refractivity contribution in [2.75, 3.05) is 91.6 Å². The van der Waals surface area contributed by atoms with Crippen molar-refractivity contribution in [1.29, 1.82) is 0 Å². The van der Waals surface area contributed by atoms with E-state index in [-0.39, 0.29) is 17.7 Å². The Hall–Kier alpha value is -5.00. The maximum absolute atomic E-state index is 15.2. The molecule has 4 amide bonds. The van der Waals surface area contributed by atoms with Crippen LogP contribution in [0.25, 0.3) is 64.6 Å². The van der Waals surface area contributed by atoms with Gasteiger partial charge in [0, 0.05) is 66.7 Å². The van der Waals surface area contributed by atoms with E-state index in [1.165, 1.54) is 61.8 Å². The Morgan fingerprint density at radius 2 is 0.955 bits per heavy atom. The molecule has 7 aromatic carbocycles. The number of hydrogen-bond acceptors (Lipinski definition) is 8. The zero-order valence-electron chi connectivity index (χ0n) is 39.7. The third kappa shape index (κ3) is 7.43. The molecule has 0 unspecified atom stereocenters. The van der Waals surface area contributed by atoms with Gasteiger partial charge in [0.05, 0.1) is 0 Å². The summed E-state index contributed by atoms with van der Waals surface area (Å²) < 4.78 is 0. The van der Waals surface area contributed by atoms with Crippen LogP contribution in [0.1, 0.15) is 125 Å². The summed E-state index contributed by atoms with van der Waals surface area (Å²) in [5.41, 5.74) is 5.24. The number of imide groups is 2. The Morgan fingerprint density at radius 3 is 1.49 bits per heavy atom. The van der Waals surface area contributed by atoms with Crippen LogP contribution in [0.4, 0.5) is 0 Å². The van der Waals surface area contributed by atoms with E-state index in [9.17, 15) is 4.79 Å². The van der Waals surface area contributed by atoms with Gasteiger partial charge < -0.3 is 19.6 Å². The van der Waals surface area contributed by atoms with Gasteiger partial charge in [-0.25, -0.2) is 0 Å². The monoisotopic (exact) mass is 899 g/mol. The summed E-state index contributed by atoms with van der Waals surface area (Å²) >= 11 is 0. The number of likely N-dealkylation sites (tertiary alicyclic amines) is 4. The topological polar surface area (TPSA) is 87.7 Å². The molecule has 0 aromatic heterocycles. The molecule has 0 aliphatic carbocycles. The van der Waals surface area contributed by atoms with Crippen molar-refractivity contribution in [3.63, 3.8) is 0 Å². The largest absolute Gasteiger partial charge is 0.303 e. The molecule has 10 heteroatoms. The Kier molecular flexibility index (Phi) is 11.5. The first kappa shape index (κ1) is 43.3. The summed E-state index contributed by atoms with van der Waals surface area (Å²) in [6.45, 7) is 14.5. The van der Waals surface area contributed by atoms with Crippen LogP contribution in [0, 0.1) is 6.92 Å². The van der Waals surface area contributed by atoms with Crippen LogP contribution >= 0.6 is 0 Å². The molecule has 0 spiro atoms. The van der Waals surface area contributed by atoms with Gasteiger partial charge in [-0.3, -0.25) is 29.0 Å². The second-order valence-electron chi connectivity index (χ2n) is 21.1. The lowest BCUT2D eigenvalue weighted by atomic mass is 9.76. The van der Waals surface area contributed by atoms with Gasteiger partial charge in [0.25, 0.3) is 17.7 Å². The third-order valence-electron chi connectivity index (χ3n) is 17.0. The van der Waals surface area contributed by atoms with Crippen LogP contribution in [0.5, 0.6) is 0 Å². The lowest BCUT2D eigenvalue weighted by Crippen LogP contribution is -2.45. The lowest BCUT2D eigenvalue weighted by Gasteiger charge is -2.33. The molecule has 0 N–H and O–H groups in total. The zero-order chi connectivity index (χ0) is 45.3. The minimum atomic E-state index is -0.246. The van der Waals surface area contributed by atoms with E-state index in [4.69, 9.17) is 0 Å². The van der Waals surface area contributed by atoms with Crippen molar-refractivity contribution in [2.24, 2.45) is 0 Å². The average molecular weight is 899 g/mol. The fourth-order valence-electron chi connectivity index (χ4n) is 13.5. The molecule has 7 aromatic rings. The minimum Gasteiger partial charge on any atom is -0.303 e. The highest BCUT2D eigenvalue weighted by molar-refractivity contribution is 6.49. The summed E-state index contributed by atoms with van der Waals surface area (Å²) in [7, 11) is 0. The minimum absolute atomic E-state index is 0.188.